The zero-order valence-corrected chi connectivity index (χ0v) is 12.7. The Morgan fingerprint density at radius 1 is 1.09 bits per heavy atom. The lowest BCUT2D eigenvalue weighted by atomic mass is 10.1. The van der Waals surface area contributed by atoms with Crippen LogP contribution in [0.25, 0.3) is 10.2 Å². The van der Waals surface area contributed by atoms with Crippen LogP contribution in [0.2, 0.25) is 0 Å². The normalized spacial score (nSPS) is 13.8. The van der Waals surface area contributed by atoms with Crippen LogP contribution in [0.4, 0.5) is 0 Å². The number of carbonyl (C=O) groups excluding carboxylic acids is 2. The maximum atomic E-state index is 12.3. The first-order chi connectivity index (χ1) is 11.1. The van der Waals surface area contributed by atoms with E-state index < -0.39 is 0 Å². The highest BCUT2D eigenvalue weighted by atomic mass is 32.1. The second kappa shape index (κ2) is 5.13. The lowest BCUT2D eigenvalue weighted by molar-refractivity contribution is 0.0656. The van der Waals surface area contributed by atoms with Gasteiger partial charge in [-0.1, -0.05) is 12.1 Å². The third-order valence-electron chi connectivity index (χ3n) is 3.82. The van der Waals surface area contributed by atoms with Crippen molar-refractivity contribution in [1.82, 2.24) is 14.9 Å². The molecule has 0 fully saturated rings. The Morgan fingerprint density at radius 3 is 2.43 bits per heavy atom. The lowest BCUT2D eigenvalue weighted by Crippen LogP contribution is -2.31. The van der Waals surface area contributed by atoms with Gasteiger partial charge < -0.3 is 5.11 Å². The van der Waals surface area contributed by atoms with E-state index in [4.69, 9.17) is 0 Å². The molecule has 1 aromatic carbocycles. The van der Waals surface area contributed by atoms with Gasteiger partial charge in [0, 0.05) is 17.8 Å². The van der Waals surface area contributed by atoms with Crippen molar-refractivity contribution in [1.29, 1.82) is 0 Å². The molecule has 1 N–H and O–H groups in total. The molecule has 4 rings (SSSR count). The van der Waals surface area contributed by atoms with Crippen molar-refractivity contribution < 1.29 is 14.7 Å². The van der Waals surface area contributed by atoms with E-state index in [1.165, 1.54) is 22.6 Å². The summed E-state index contributed by atoms with van der Waals surface area (Å²) in [4.78, 5) is 35.3. The van der Waals surface area contributed by atoms with Crippen LogP contribution in [0.15, 0.2) is 36.7 Å². The molecule has 2 aromatic heterocycles. The molecule has 3 heterocycles. The quantitative estimate of drug-likeness (QED) is 0.747. The van der Waals surface area contributed by atoms with Gasteiger partial charge in [0.1, 0.15) is 11.2 Å². The van der Waals surface area contributed by atoms with E-state index in [9.17, 15) is 14.7 Å². The highest BCUT2D eigenvalue weighted by Gasteiger charge is 2.34. The van der Waals surface area contributed by atoms with Crippen molar-refractivity contribution in [2.24, 2.45) is 0 Å². The number of nitrogens with zero attached hydrogens (tertiary/aromatic N) is 3. The molecule has 0 unspecified atom stereocenters. The predicted molar refractivity (Wildman–Crippen MR) is 84.6 cm³/mol. The molecule has 6 nitrogen and oxygen atoms in total. The standard InChI is InChI=1S/C16H11N3O3S/c20-13-12-7-9(23-14(12)18-8-17-13)5-6-19-15(21)10-3-1-2-4-11(10)16(19)22/h1-4,7-8H,5-6H2,(H,17,18,20). The van der Waals surface area contributed by atoms with Crippen LogP contribution < -0.4 is 0 Å². The molecule has 3 aromatic rings. The van der Waals surface area contributed by atoms with Crippen LogP contribution in [0.5, 0.6) is 5.88 Å². The SMILES string of the molecule is O=C1c2ccccc2C(=O)N1CCc1cc2c(O)ncnc2s1. The van der Waals surface area contributed by atoms with E-state index >= 15 is 0 Å². The molecular formula is C16H11N3O3S. The van der Waals surface area contributed by atoms with E-state index in [-0.39, 0.29) is 17.7 Å². The van der Waals surface area contributed by atoms with Crippen molar-refractivity contribution in [3.05, 3.63) is 52.7 Å². The van der Waals surface area contributed by atoms with Crippen molar-refractivity contribution in [2.45, 2.75) is 6.42 Å². The summed E-state index contributed by atoms with van der Waals surface area (Å²) in [5.41, 5.74) is 0.912. The molecule has 23 heavy (non-hydrogen) atoms. The summed E-state index contributed by atoms with van der Waals surface area (Å²) in [6.07, 6.45) is 1.83. The van der Waals surface area contributed by atoms with Crippen molar-refractivity contribution in [2.75, 3.05) is 6.54 Å². The number of thiophene rings is 1. The average Bonchev–Trinajstić information content (AvgIpc) is 3.08. The Morgan fingerprint density at radius 2 is 1.78 bits per heavy atom. The molecule has 0 aliphatic carbocycles. The molecule has 114 valence electrons. The summed E-state index contributed by atoms with van der Waals surface area (Å²) < 4.78 is 0. The first-order valence-electron chi connectivity index (χ1n) is 7.03. The zero-order valence-electron chi connectivity index (χ0n) is 11.9. The van der Waals surface area contributed by atoms with Gasteiger partial charge in [0.25, 0.3) is 11.8 Å². The number of fused-ring (bicyclic) bond motifs is 2. The summed E-state index contributed by atoms with van der Waals surface area (Å²) in [6.45, 7) is 0.299. The zero-order chi connectivity index (χ0) is 16.0. The van der Waals surface area contributed by atoms with Gasteiger partial charge in [-0.3, -0.25) is 14.5 Å². The number of hydrogen-bond donors (Lipinski definition) is 1. The largest absolute Gasteiger partial charge is 0.493 e. The summed E-state index contributed by atoms with van der Waals surface area (Å²) in [5.74, 6) is -0.568. The molecule has 0 saturated heterocycles. The van der Waals surface area contributed by atoms with Gasteiger partial charge in [0.2, 0.25) is 5.88 Å². The number of imide groups is 1. The Hall–Kier alpha value is -2.80. The smallest absolute Gasteiger partial charge is 0.261 e. The summed E-state index contributed by atoms with van der Waals surface area (Å²) >= 11 is 1.42. The van der Waals surface area contributed by atoms with Crippen molar-refractivity contribution >= 4 is 33.4 Å². The fourth-order valence-corrected chi connectivity index (χ4v) is 3.66. The lowest BCUT2D eigenvalue weighted by Gasteiger charge is -2.12. The second-order valence-electron chi connectivity index (χ2n) is 5.19. The molecule has 0 atom stereocenters. The Labute approximate surface area is 135 Å². The van der Waals surface area contributed by atoms with Gasteiger partial charge in [-0.15, -0.1) is 11.3 Å². The number of amides is 2. The van der Waals surface area contributed by atoms with Gasteiger partial charge in [-0.05, 0) is 18.2 Å². The van der Waals surface area contributed by atoms with E-state index in [1.54, 1.807) is 30.3 Å². The highest BCUT2D eigenvalue weighted by molar-refractivity contribution is 7.18. The van der Waals surface area contributed by atoms with Crippen LogP contribution in [0, 0.1) is 0 Å². The minimum atomic E-state index is -0.255. The maximum absolute atomic E-state index is 12.3. The third-order valence-corrected chi connectivity index (χ3v) is 4.92. The maximum Gasteiger partial charge on any atom is 0.261 e. The predicted octanol–water partition coefficient (Wildman–Crippen LogP) is 2.24. The number of benzene rings is 1. The van der Waals surface area contributed by atoms with Crippen molar-refractivity contribution in [3.63, 3.8) is 0 Å². The van der Waals surface area contributed by atoms with E-state index in [2.05, 4.69) is 9.97 Å². The highest BCUT2D eigenvalue weighted by Crippen LogP contribution is 2.29. The number of rotatable bonds is 3. The summed E-state index contributed by atoms with van der Waals surface area (Å²) in [6, 6.07) is 8.64. The van der Waals surface area contributed by atoms with Crippen LogP contribution in [0.1, 0.15) is 25.6 Å². The van der Waals surface area contributed by atoms with E-state index in [0.29, 0.717) is 34.3 Å². The van der Waals surface area contributed by atoms with Crippen LogP contribution in [-0.4, -0.2) is 38.3 Å². The molecule has 0 bridgehead atoms. The van der Waals surface area contributed by atoms with Crippen LogP contribution >= 0.6 is 11.3 Å². The number of aromatic nitrogens is 2. The summed E-state index contributed by atoms with van der Waals surface area (Å²) in [5, 5.41) is 10.3. The molecule has 7 heteroatoms. The molecule has 0 radical (unpaired) electrons. The number of carbonyl (C=O) groups is 2. The minimum absolute atomic E-state index is 0.0572. The van der Waals surface area contributed by atoms with E-state index in [0.717, 1.165) is 4.88 Å². The monoisotopic (exact) mass is 325 g/mol. The molecule has 1 aliphatic rings. The van der Waals surface area contributed by atoms with Crippen LogP contribution in [-0.2, 0) is 6.42 Å². The first-order valence-corrected chi connectivity index (χ1v) is 7.84. The molecular weight excluding hydrogens is 314 g/mol. The first kappa shape index (κ1) is 13.8. The fraction of sp³-hybridized carbons (Fsp3) is 0.125. The van der Waals surface area contributed by atoms with Gasteiger partial charge in [-0.2, -0.15) is 0 Å². The van der Waals surface area contributed by atoms with Gasteiger partial charge in [0.05, 0.1) is 16.5 Å². The molecule has 0 saturated carbocycles. The topological polar surface area (TPSA) is 83.4 Å². The fourth-order valence-electron chi connectivity index (χ4n) is 2.68. The third kappa shape index (κ3) is 2.17. The Bertz CT molecular complexity index is 916. The van der Waals surface area contributed by atoms with E-state index in [1.807, 2.05) is 0 Å². The van der Waals surface area contributed by atoms with Gasteiger partial charge >= 0.3 is 0 Å². The average molecular weight is 325 g/mol. The minimum Gasteiger partial charge on any atom is -0.493 e. The van der Waals surface area contributed by atoms with Gasteiger partial charge in [0.15, 0.2) is 0 Å². The van der Waals surface area contributed by atoms with Crippen LogP contribution in [0.3, 0.4) is 0 Å². The molecule has 0 spiro atoms. The summed E-state index contributed by atoms with van der Waals surface area (Å²) in [7, 11) is 0. The molecule has 2 amide bonds. The molecule has 1 aliphatic heterocycles. The Balaban J connectivity index is 1.56. The van der Waals surface area contributed by atoms with Crippen molar-refractivity contribution in [3.8, 4) is 5.88 Å². The van der Waals surface area contributed by atoms with Gasteiger partial charge in [-0.25, -0.2) is 9.97 Å². The number of aromatic hydroxyl groups is 1. The second-order valence-corrected chi connectivity index (χ2v) is 6.30. The number of hydrogen-bond acceptors (Lipinski definition) is 6. The Kier molecular flexibility index (Phi) is 3.09.